The van der Waals surface area contributed by atoms with Gasteiger partial charge in [-0.1, -0.05) is 31.2 Å². The van der Waals surface area contributed by atoms with E-state index in [1.165, 1.54) is 29.1 Å². The summed E-state index contributed by atoms with van der Waals surface area (Å²) in [5.41, 5.74) is 1.31. The molecule has 0 fully saturated rings. The minimum Gasteiger partial charge on any atom is -0.292 e. The number of nitrogens with zero attached hydrogens (tertiary/aromatic N) is 3. The van der Waals surface area contributed by atoms with Crippen LogP contribution >= 0.6 is 0 Å². The molecule has 7 nitrogen and oxygen atoms in total. The van der Waals surface area contributed by atoms with Crippen molar-refractivity contribution in [2.45, 2.75) is 19.9 Å². The number of hydrogen-bond acceptors (Lipinski definition) is 5. The lowest BCUT2D eigenvalue weighted by Crippen LogP contribution is -2.24. The van der Waals surface area contributed by atoms with Crippen LogP contribution in [0.3, 0.4) is 0 Å². The van der Waals surface area contributed by atoms with E-state index in [1.54, 1.807) is 12.1 Å². The number of benzene rings is 2. The highest BCUT2D eigenvalue weighted by Crippen LogP contribution is 2.16. The van der Waals surface area contributed by atoms with Crippen molar-refractivity contribution in [3.8, 4) is 0 Å². The first-order chi connectivity index (χ1) is 12.0. The molecule has 0 unspecified atom stereocenters. The van der Waals surface area contributed by atoms with E-state index in [4.69, 9.17) is 0 Å². The number of aromatic nitrogens is 2. The van der Waals surface area contributed by atoms with Crippen molar-refractivity contribution in [3.05, 3.63) is 80.4 Å². The van der Waals surface area contributed by atoms with Gasteiger partial charge in [-0.15, -0.1) is 0 Å². The molecule has 1 heterocycles. The smallest absolute Gasteiger partial charge is 0.270 e. The molecule has 25 heavy (non-hydrogen) atoms. The standard InChI is InChI=1S/C18H15N3O4/c1-2-12-3-5-13(6-4-12)17(22)10-20-11-19-16-8-7-14(21(24)25)9-15(16)18(20)23/h3-9,11H,2,10H2,1H3. The maximum atomic E-state index is 12.5. The first-order valence-electron chi connectivity index (χ1n) is 7.75. The molecule has 0 saturated heterocycles. The SMILES string of the molecule is CCc1ccc(C(=O)Cn2cnc3ccc([N+](=O)[O-])cc3c2=O)cc1. The minimum absolute atomic E-state index is 0.117. The van der Waals surface area contributed by atoms with E-state index < -0.39 is 10.5 Å². The Morgan fingerprint density at radius 2 is 1.92 bits per heavy atom. The summed E-state index contributed by atoms with van der Waals surface area (Å²) >= 11 is 0. The number of carbonyl (C=O) groups is 1. The molecule has 0 aliphatic rings. The number of fused-ring (bicyclic) bond motifs is 1. The van der Waals surface area contributed by atoms with Crippen molar-refractivity contribution < 1.29 is 9.72 Å². The van der Waals surface area contributed by atoms with Crippen LogP contribution in [0.25, 0.3) is 10.9 Å². The van der Waals surface area contributed by atoms with Crippen LogP contribution in [0.4, 0.5) is 5.69 Å². The van der Waals surface area contributed by atoms with Gasteiger partial charge in [0.25, 0.3) is 11.2 Å². The summed E-state index contributed by atoms with van der Waals surface area (Å²) in [6.07, 6.45) is 2.16. The number of rotatable bonds is 5. The highest BCUT2D eigenvalue weighted by atomic mass is 16.6. The Balaban J connectivity index is 1.95. The predicted molar refractivity (Wildman–Crippen MR) is 92.8 cm³/mol. The zero-order chi connectivity index (χ0) is 18.0. The minimum atomic E-state index is -0.573. The number of Topliss-reactive ketones (excluding diaryl/α,β-unsaturated/α-hetero) is 1. The van der Waals surface area contributed by atoms with E-state index in [0.29, 0.717) is 11.1 Å². The highest BCUT2D eigenvalue weighted by Gasteiger charge is 2.13. The zero-order valence-corrected chi connectivity index (χ0v) is 13.5. The van der Waals surface area contributed by atoms with Crippen LogP contribution in [-0.4, -0.2) is 20.3 Å². The molecule has 3 rings (SSSR count). The normalized spacial score (nSPS) is 10.8. The lowest BCUT2D eigenvalue weighted by Gasteiger charge is -2.07. The van der Waals surface area contributed by atoms with Crippen molar-refractivity contribution in [1.29, 1.82) is 0 Å². The van der Waals surface area contributed by atoms with Gasteiger partial charge in [-0.3, -0.25) is 24.3 Å². The van der Waals surface area contributed by atoms with E-state index in [9.17, 15) is 19.7 Å². The fraction of sp³-hybridized carbons (Fsp3) is 0.167. The number of aryl methyl sites for hydroxylation is 1. The zero-order valence-electron chi connectivity index (χ0n) is 13.5. The molecule has 0 aliphatic carbocycles. The Morgan fingerprint density at radius 1 is 1.20 bits per heavy atom. The third-order valence-electron chi connectivity index (χ3n) is 4.02. The molecule has 7 heteroatoms. The Labute approximate surface area is 142 Å². The molecular formula is C18H15N3O4. The van der Waals surface area contributed by atoms with Gasteiger partial charge in [0.05, 0.1) is 28.7 Å². The Hall–Kier alpha value is -3.35. The van der Waals surface area contributed by atoms with Crippen LogP contribution in [0.1, 0.15) is 22.8 Å². The van der Waals surface area contributed by atoms with Crippen LogP contribution in [0, 0.1) is 10.1 Å². The Morgan fingerprint density at radius 3 is 2.56 bits per heavy atom. The molecule has 0 amide bonds. The monoisotopic (exact) mass is 337 g/mol. The van der Waals surface area contributed by atoms with Gasteiger partial charge in [-0.25, -0.2) is 4.98 Å². The second-order valence-electron chi connectivity index (χ2n) is 5.61. The number of nitro groups is 1. The predicted octanol–water partition coefficient (Wildman–Crippen LogP) is 2.75. The first kappa shape index (κ1) is 16.5. The third kappa shape index (κ3) is 3.30. The van der Waals surface area contributed by atoms with E-state index in [1.807, 2.05) is 19.1 Å². The van der Waals surface area contributed by atoms with Gasteiger partial charge in [0, 0.05) is 17.7 Å². The van der Waals surface area contributed by atoms with Crippen LogP contribution in [-0.2, 0) is 13.0 Å². The largest absolute Gasteiger partial charge is 0.292 e. The van der Waals surface area contributed by atoms with E-state index >= 15 is 0 Å². The average Bonchev–Trinajstić information content (AvgIpc) is 2.63. The van der Waals surface area contributed by atoms with Gasteiger partial charge >= 0.3 is 0 Å². The number of hydrogen-bond donors (Lipinski definition) is 0. The quantitative estimate of drug-likeness (QED) is 0.405. The maximum absolute atomic E-state index is 12.5. The molecule has 2 aromatic carbocycles. The molecular weight excluding hydrogens is 322 g/mol. The number of non-ortho nitro benzene ring substituents is 1. The van der Waals surface area contributed by atoms with Crippen molar-refractivity contribution in [1.82, 2.24) is 9.55 Å². The number of ketones is 1. The van der Waals surface area contributed by atoms with E-state index in [0.717, 1.165) is 12.0 Å². The maximum Gasteiger partial charge on any atom is 0.270 e. The van der Waals surface area contributed by atoms with Gasteiger partial charge < -0.3 is 0 Å². The fourth-order valence-electron chi connectivity index (χ4n) is 2.55. The lowest BCUT2D eigenvalue weighted by molar-refractivity contribution is -0.384. The van der Waals surface area contributed by atoms with Crippen LogP contribution in [0.15, 0.2) is 53.6 Å². The molecule has 0 radical (unpaired) electrons. The van der Waals surface area contributed by atoms with Crippen molar-refractivity contribution in [3.63, 3.8) is 0 Å². The molecule has 0 atom stereocenters. The highest BCUT2D eigenvalue weighted by molar-refractivity contribution is 5.96. The first-order valence-corrected chi connectivity index (χ1v) is 7.75. The molecule has 126 valence electrons. The summed E-state index contributed by atoms with van der Waals surface area (Å²) in [5.74, 6) is -0.226. The summed E-state index contributed by atoms with van der Waals surface area (Å²) in [7, 11) is 0. The number of carbonyl (C=O) groups excluding carboxylic acids is 1. The van der Waals surface area contributed by atoms with Crippen molar-refractivity contribution >= 4 is 22.4 Å². The van der Waals surface area contributed by atoms with Crippen LogP contribution in [0.2, 0.25) is 0 Å². The molecule has 0 bridgehead atoms. The number of nitro benzene ring substituents is 1. The molecule has 0 N–H and O–H groups in total. The molecule has 0 spiro atoms. The fourth-order valence-corrected chi connectivity index (χ4v) is 2.55. The van der Waals surface area contributed by atoms with Crippen molar-refractivity contribution in [2.75, 3.05) is 0 Å². The van der Waals surface area contributed by atoms with Gasteiger partial charge in [-0.2, -0.15) is 0 Å². The molecule has 1 aromatic heterocycles. The summed E-state index contributed by atoms with van der Waals surface area (Å²) in [4.78, 5) is 39.3. The Bertz CT molecular complexity index is 1020. The van der Waals surface area contributed by atoms with Crippen LogP contribution in [0.5, 0.6) is 0 Å². The second kappa shape index (κ2) is 6.64. The van der Waals surface area contributed by atoms with Crippen molar-refractivity contribution in [2.24, 2.45) is 0 Å². The molecule has 3 aromatic rings. The van der Waals surface area contributed by atoms with E-state index in [-0.39, 0.29) is 23.4 Å². The summed E-state index contributed by atoms with van der Waals surface area (Å²) in [6, 6.07) is 11.1. The van der Waals surface area contributed by atoms with Crippen LogP contribution < -0.4 is 5.56 Å². The van der Waals surface area contributed by atoms with Gasteiger partial charge in [0.1, 0.15) is 0 Å². The Kier molecular flexibility index (Phi) is 4.38. The molecule has 0 saturated carbocycles. The summed E-state index contributed by atoms with van der Waals surface area (Å²) in [5, 5.41) is 11.0. The third-order valence-corrected chi connectivity index (χ3v) is 4.02. The molecule has 0 aliphatic heterocycles. The average molecular weight is 337 g/mol. The summed E-state index contributed by atoms with van der Waals surface area (Å²) in [6.45, 7) is 1.85. The lowest BCUT2D eigenvalue weighted by atomic mass is 10.1. The van der Waals surface area contributed by atoms with Gasteiger partial charge in [0.15, 0.2) is 5.78 Å². The van der Waals surface area contributed by atoms with E-state index in [2.05, 4.69) is 4.98 Å². The summed E-state index contributed by atoms with van der Waals surface area (Å²) < 4.78 is 1.17. The van der Waals surface area contributed by atoms with Gasteiger partial charge in [0.2, 0.25) is 0 Å². The second-order valence-corrected chi connectivity index (χ2v) is 5.61. The van der Waals surface area contributed by atoms with Gasteiger partial charge in [-0.05, 0) is 18.1 Å². The topological polar surface area (TPSA) is 95.1 Å².